The van der Waals surface area contributed by atoms with E-state index < -0.39 is 46.8 Å². The van der Waals surface area contributed by atoms with E-state index in [9.17, 15) is 31.8 Å². The lowest BCUT2D eigenvalue weighted by molar-refractivity contribution is -0.142. The van der Waals surface area contributed by atoms with E-state index in [0.717, 1.165) is 16.5 Å². The van der Waals surface area contributed by atoms with Crippen molar-refractivity contribution in [3.8, 4) is 6.07 Å². The Kier molecular flexibility index (Phi) is 11.7. The summed E-state index contributed by atoms with van der Waals surface area (Å²) < 4.78 is 63.2. The number of nitrogens with one attached hydrogen (secondary N) is 1. The predicted octanol–water partition coefficient (Wildman–Crippen LogP) is 3.48. The summed E-state index contributed by atoms with van der Waals surface area (Å²) in [6.45, 7) is 3.67. The van der Waals surface area contributed by atoms with Crippen molar-refractivity contribution in [3.63, 3.8) is 0 Å². The first-order valence-corrected chi connectivity index (χ1v) is 14.4. The molecule has 44 heavy (non-hydrogen) atoms. The summed E-state index contributed by atoms with van der Waals surface area (Å²) in [7, 11) is 0. The molecule has 2 N–H and O–H groups in total. The number of hydrogen-bond donors (Lipinski definition) is 2. The number of rotatable bonds is 15. The number of carbonyl (C=O) groups excluding carboxylic acids is 2. The number of anilines is 2. The van der Waals surface area contributed by atoms with Crippen LogP contribution >= 0.6 is 0 Å². The molecule has 2 aromatic rings. The third-order valence-corrected chi connectivity index (χ3v) is 7.42. The molecule has 0 bridgehead atoms. The fourth-order valence-electron chi connectivity index (χ4n) is 4.69. The van der Waals surface area contributed by atoms with Crippen LogP contribution in [0, 0.1) is 11.3 Å². The number of ether oxygens (including phenoxy) is 2. The highest BCUT2D eigenvalue weighted by Crippen LogP contribution is 2.41. The summed E-state index contributed by atoms with van der Waals surface area (Å²) in [5.41, 5.74) is -2.97. The van der Waals surface area contributed by atoms with E-state index in [0.29, 0.717) is 31.1 Å². The minimum absolute atomic E-state index is 0.0565. The Labute approximate surface area is 256 Å². The summed E-state index contributed by atoms with van der Waals surface area (Å²) >= 11 is 0.0565. The van der Waals surface area contributed by atoms with Crippen molar-refractivity contribution >= 4 is 40.8 Å². The van der Waals surface area contributed by atoms with Crippen molar-refractivity contribution in [3.05, 3.63) is 59.2 Å². The quantitative estimate of drug-likeness (QED) is 0.221. The topological polar surface area (TPSA) is 149 Å². The van der Waals surface area contributed by atoms with Gasteiger partial charge in [-0.2, -0.15) is 18.4 Å². The lowest BCUT2D eigenvalue weighted by atomic mass is 10.0. The standard InChI is InChI=1S/C29H31F3N4O7S/c1-28(2)26(40)35(22-11-8-20(17-33)23(16-22)29(30,31)32)27(44-41)36(28)21-9-6-19(7-10-21)4-3-5-24(37)34-12-13-42-14-15-43-18-25(38)39/h6-11,16,27H,3-5,12-15,18H2,1-2H3,(H-,34,37,38,39)/p+1. The zero-order valence-corrected chi connectivity index (χ0v) is 24.9. The van der Waals surface area contributed by atoms with Gasteiger partial charge < -0.3 is 19.9 Å². The molecule has 0 aliphatic carbocycles. The van der Waals surface area contributed by atoms with Crippen LogP contribution in [0.4, 0.5) is 24.5 Å². The Morgan fingerprint density at radius 3 is 2.36 bits per heavy atom. The largest absolute Gasteiger partial charge is 0.511 e. The minimum atomic E-state index is -4.83. The molecular weight excluding hydrogens is 605 g/mol. The maximum Gasteiger partial charge on any atom is 0.511 e. The van der Waals surface area contributed by atoms with Crippen molar-refractivity contribution in [1.29, 1.82) is 5.26 Å². The van der Waals surface area contributed by atoms with Crippen molar-refractivity contribution in [2.24, 2.45) is 0 Å². The van der Waals surface area contributed by atoms with Crippen molar-refractivity contribution < 1.29 is 46.3 Å². The number of nitriles is 1. The van der Waals surface area contributed by atoms with Crippen LogP contribution < -0.4 is 15.1 Å². The van der Waals surface area contributed by atoms with Crippen LogP contribution in [0.1, 0.15) is 43.4 Å². The molecule has 0 saturated carbocycles. The summed E-state index contributed by atoms with van der Waals surface area (Å²) in [4.78, 5) is 38.5. The summed E-state index contributed by atoms with van der Waals surface area (Å²) in [5.74, 6) is -1.79. The third kappa shape index (κ3) is 8.49. The van der Waals surface area contributed by atoms with Crippen LogP contribution in [0.5, 0.6) is 0 Å². The van der Waals surface area contributed by atoms with Gasteiger partial charge in [0.25, 0.3) is 5.91 Å². The molecule has 1 aliphatic heterocycles. The molecule has 11 nitrogen and oxygen atoms in total. The number of hydrogen-bond acceptors (Lipinski definition) is 8. The van der Waals surface area contributed by atoms with Gasteiger partial charge >= 0.3 is 29.3 Å². The van der Waals surface area contributed by atoms with Crippen molar-refractivity contribution in [2.45, 2.75) is 50.3 Å². The number of nitrogens with zero attached hydrogens (tertiary/aromatic N) is 3. The van der Waals surface area contributed by atoms with Crippen LogP contribution in [-0.2, 0) is 52.3 Å². The predicted molar refractivity (Wildman–Crippen MR) is 154 cm³/mol. The highest BCUT2D eigenvalue weighted by atomic mass is 32.1. The monoisotopic (exact) mass is 637 g/mol. The van der Waals surface area contributed by atoms with E-state index in [2.05, 4.69) is 5.32 Å². The number of benzene rings is 2. The zero-order chi connectivity index (χ0) is 32.5. The molecule has 0 radical (unpaired) electrons. The first-order chi connectivity index (χ1) is 20.8. The minimum Gasteiger partial charge on any atom is -0.480 e. The number of aryl methyl sites for hydroxylation is 1. The van der Waals surface area contributed by atoms with E-state index >= 15 is 0 Å². The van der Waals surface area contributed by atoms with Gasteiger partial charge in [-0.25, -0.2) is 9.69 Å². The number of halogens is 3. The van der Waals surface area contributed by atoms with Gasteiger partial charge in [0.1, 0.15) is 12.1 Å². The Morgan fingerprint density at radius 1 is 1.09 bits per heavy atom. The van der Waals surface area contributed by atoms with Gasteiger partial charge in [0.15, 0.2) is 0 Å². The Balaban J connectivity index is 1.59. The SMILES string of the molecule is CC1(C)C(=O)N(c2ccc(C#N)c(C(F)(F)F)c2)C([S+]=O)N1c1ccc(CCCC(=O)NCCOCCOCC(=O)O)cc1. The number of amides is 2. The number of aliphatic carboxylic acids is 1. The van der Waals surface area contributed by atoms with Crippen molar-refractivity contribution in [1.82, 2.24) is 5.32 Å². The normalized spacial score (nSPS) is 16.1. The number of carboxylic acid groups (broad SMARTS) is 1. The summed E-state index contributed by atoms with van der Waals surface area (Å²) in [6, 6.07) is 11.5. The summed E-state index contributed by atoms with van der Waals surface area (Å²) in [6.07, 6.45) is -3.43. The molecule has 236 valence electrons. The average Bonchev–Trinajstić information content (AvgIpc) is 3.18. The molecular formula is C29H32F3N4O7S+. The van der Waals surface area contributed by atoms with Crippen LogP contribution in [0.2, 0.25) is 0 Å². The number of carboxylic acids is 1. The smallest absolute Gasteiger partial charge is 0.480 e. The molecule has 2 aromatic carbocycles. The molecule has 15 heteroatoms. The molecule has 2 amide bonds. The fourth-order valence-corrected chi connectivity index (χ4v) is 5.47. The lowest BCUT2D eigenvalue weighted by Gasteiger charge is -2.28. The Bertz CT molecular complexity index is 1400. The van der Waals surface area contributed by atoms with Gasteiger partial charge in [-0.1, -0.05) is 12.1 Å². The fraction of sp³-hybridized carbons (Fsp3) is 0.448. The van der Waals surface area contributed by atoms with E-state index in [-0.39, 0.29) is 49.5 Å². The lowest BCUT2D eigenvalue weighted by Crippen LogP contribution is -2.46. The molecule has 1 heterocycles. The third-order valence-electron chi connectivity index (χ3n) is 6.83. The second kappa shape index (κ2) is 15.0. The van der Waals surface area contributed by atoms with E-state index in [1.807, 2.05) is 0 Å². The number of carbonyl (C=O) groups is 3. The maximum atomic E-state index is 13.6. The molecule has 0 spiro atoms. The van der Waals surface area contributed by atoms with E-state index in [4.69, 9.17) is 19.8 Å². The first kappa shape index (κ1) is 34.4. The molecule has 1 unspecified atom stereocenters. The van der Waals surface area contributed by atoms with Crippen LogP contribution in [-0.4, -0.2) is 66.9 Å². The Hall–Kier alpha value is -4.13. The van der Waals surface area contributed by atoms with E-state index in [1.54, 1.807) is 43.0 Å². The molecule has 1 aliphatic rings. The second-order valence-electron chi connectivity index (χ2n) is 10.3. The molecule has 0 aromatic heterocycles. The van der Waals surface area contributed by atoms with E-state index in [1.165, 1.54) is 12.1 Å². The van der Waals surface area contributed by atoms with Crippen molar-refractivity contribution in [2.75, 3.05) is 42.8 Å². The summed E-state index contributed by atoms with van der Waals surface area (Å²) in [5, 5.41) is 20.3. The molecule has 3 rings (SSSR count). The second-order valence-corrected chi connectivity index (χ2v) is 10.9. The van der Waals surface area contributed by atoms with Gasteiger partial charge in [-0.15, -0.1) is 0 Å². The van der Waals surface area contributed by atoms with Crippen LogP contribution in [0.15, 0.2) is 42.5 Å². The van der Waals surface area contributed by atoms with Gasteiger partial charge in [-0.3, -0.25) is 14.5 Å². The average molecular weight is 638 g/mol. The first-order valence-electron chi connectivity index (χ1n) is 13.6. The molecule has 1 fully saturated rings. The van der Waals surface area contributed by atoms with Crippen LogP contribution in [0.3, 0.4) is 0 Å². The van der Waals surface area contributed by atoms with Gasteiger partial charge in [0, 0.05) is 22.9 Å². The van der Waals surface area contributed by atoms with Gasteiger partial charge in [0.2, 0.25) is 5.91 Å². The molecule has 1 atom stereocenters. The van der Waals surface area contributed by atoms with Crippen LogP contribution in [0.25, 0.3) is 0 Å². The number of alkyl halides is 3. The van der Waals surface area contributed by atoms with Gasteiger partial charge in [0.05, 0.1) is 42.7 Å². The maximum absolute atomic E-state index is 13.6. The Morgan fingerprint density at radius 2 is 1.75 bits per heavy atom. The highest BCUT2D eigenvalue weighted by molar-refractivity contribution is 7.66. The molecule has 1 saturated heterocycles. The highest BCUT2D eigenvalue weighted by Gasteiger charge is 2.59. The zero-order valence-electron chi connectivity index (χ0n) is 24.1. The van der Waals surface area contributed by atoms with Gasteiger partial charge in [-0.05, 0) is 62.6 Å².